The van der Waals surface area contributed by atoms with E-state index in [-0.39, 0.29) is 46.0 Å². The second-order valence-electron chi connectivity index (χ2n) is 8.85. The van der Waals surface area contributed by atoms with Gasteiger partial charge in [-0.3, -0.25) is 9.59 Å². The average molecular weight is 547 g/mol. The molecule has 2 aromatic carbocycles. The van der Waals surface area contributed by atoms with E-state index in [0.29, 0.717) is 5.76 Å². The zero-order valence-corrected chi connectivity index (χ0v) is 21.3. The maximum atomic E-state index is 13.3. The molecule has 2 aliphatic heterocycles. The highest BCUT2D eigenvalue weighted by Crippen LogP contribution is 2.31. The summed E-state index contributed by atoms with van der Waals surface area (Å²) in [6.45, 7) is 2.87. The summed E-state index contributed by atoms with van der Waals surface area (Å²) in [7, 11) is 0. The number of halogens is 1. The number of amides is 4. The number of urea groups is 1. The number of aryl methyl sites for hydroxylation is 1. The lowest BCUT2D eigenvalue weighted by molar-refractivity contribution is -0.139. The van der Waals surface area contributed by atoms with Crippen molar-refractivity contribution in [3.05, 3.63) is 99.9 Å². The van der Waals surface area contributed by atoms with Gasteiger partial charge in [0.05, 0.1) is 40.3 Å². The van der Waals surface area contributed by atoms with Crippen LogP contribution in [-0.4, -0.2) is 43.0 Å². The van der Waals surface area contributed by atoms with Gasteiger partial charge in [0.25, 0.3) is 11.8 Å². The third-order valence-corrected chi connectivity index (χ3v) is 6.25. The largest absolute Gasteiger partial charge is 0.464 e. The van der Waals surface area contributed by atoms with E-state index < -0.39 is 48.3 Å². The van der Waals surface area contributed by atoms with Crippen LogP contribution in [0.5, 0.6) is 0 Å². The van der Waals surface area contributed by atoms with E-state index in [9.17, 15) is 28.4 Å². The van der Waals surface area contributed by atoms with Gasteiger partial charge in [-0.1, -0.05) is 0 Å². The Hall–Kier alpha value is -5.26. The smallest absolute Gasteiger partial charge is 0.338 e. The Bertz CT molecular complexity index is 1590. The molecule has 0 bridgehead atoms. The lowest BCUT2D eigenvalue weighted by Crippen LogP contribution is -2.47. The predicted octanol–water partition coefficient (Wildman–Crippen LogP) is 3.56. The van der Waals surface area contributed by atoms with Crippen LogP contribution in [0.2, 0.25) is 0 Å². The van der Waals surface area contributed by atoms with Crippen LogP contribution < -0.4 is 15.5 Å². The molecule has 1 atom stereocenters. The Balaban J connectivity index is 1.39. The minimum absolute atomic E-state index is 0.00623. The zero-order valence-electron chi connectivity index (χ0n) is 21.3. The Morgan fingerprint density at radius 3 is 2.35 bits per heavy atom. The number of hydrogen-bond acceptors (Lipinski definition) is 8. The molecule has 0 spiro atoms. The summed E-state index contributed by atoms with van der Waals surface area (Å²) < 4.78 is 29.5. The molecule has 0 saturated carbocycles. The number of imide groups is 1. The van der Waals surface area contributed by atoms with Crippen molar-refractivity contribution < 1.29 is 42.3 Å². The predicted molar refractivity (Wildman–Crippen MR) is 136 cm³/mol. The van der Waals surface area contributed by atoms with Gasteiger partial charge in [-0.2, -0.15) is 0 Å². The number of carbonyl (C=O) groups excluding carboxylic acids is 5. The number of nitrogens with one attached hydrogen (secondary N) is 2. The van der Waals surface area contributed by atoms with E-state index in [1.807, 2.05) is 0 Å². The Labute approximate surface area is 226 Å². The molecule has 1 aromatic heterocycles. The molecular weight excluding hydrogens is 525 g/mol. The van der Waals surface area contributed by atoms with Crippen LogP contribution in [0.3, 0.4) is 0 Å². The van der Waals surface area contributed by atoms with Gasteiger partial charge in [0, 0.05) is 0 Å². The van der Waals surface area contributed by atoms with Gasteiger partial charge in [0.1, 0.15) is 30.0 Å². The summed E-state index contributed by atoms with van der Waals surface area (Å²) in [5.41, 5.74) is 0.160. The average Bonchev–Trinajstić information content (AvgIpc) is 3.47. The fourth-order valence-corrected chi connectivity index (χ4v) is 4.42. The minimum Gasteiger partial charge on any atom is -0.464 e. The molecule has 0 fully saturated rings. The number of fused-ring (bicyclic) bond motifs is 1. The van der Waals surface area contributed by atoms with Crippen LogP contribution in [0.15, 0.2) is 70.3 Å². The van der Waals surface area contributed by atoms with Gasteiger partial charge in [-0.25, -0.2) is 23.7 Å². The van der Waals surface area contributed by atoms with Crippen molar-refractivity contribution in [2.24, 2.45) is 0 Å². The number of nitrogens with zero attached hydrogens (tertiary/aromatic N) is 1. The third-order valence-electron chi connectivity index (χ3n) is 6.25. The molecule has 0 saturated heterocycles. The van der Waals surface area contributed by atoms with Crippen LogP contribution in [0.25, 0.3) is 0 Å². The molecule has 3 heterocycles. The van der Waals surface area contributed by atoms with Crippen LogP contribution >= 0.6 is 0 Å². The van der Waals surface area contributed by atoms with Crippen molar-refractivity contribution in [3.63, 3.8) is 0 Å². The number of carbonyl (C=O) groups is 5. The van der Waals surface area contributed by atoms with Crippen LogP contribution in [0.4, 0.5) is 14.9 Å². The molecule has 4 amide bonds. The molecule has 3 aromatic rings. The molecule has 5 rings (SSSR count). The van der Waals surface area contributed by atoms with E-state index >= 15 is 0 Å². The van der Waals surface area contributed by atoms with Gasteiger partial charge in [-0.15, -0.1) is 0 Å². The second kappa shape index (κ2) is 10.5. The standard InChI is InChI=1S/C28H22FN3O8/c1-3-38-27(36)22-20(30-28(37)31-23(22)21-11-4-14(2)40-21)13-39-26(35)15-5-10-18-19(12-15)25(34)32(24(18)33)17-8-6-16(29)7-9-17/h4-12,23H,3,13H2,1-2H3,(H2,30,31,37)/t23-/m1/s1. The molecule has 0 radical (unpaired) electrons. The lowest BCUT2D eigenvalue weighted by atomic mass is 10.0. The molecule has 40 heavy (non-hydrogen) atoms. The molecule has 2 N–H and O–H groups in total. The molecule has 12 heteroatoms. The Kier molecular flexibility index (Phi) is 6.91. The molecule has 2 aliphatic rings. The summed E-state index contributed by atoms with van der Waals surface area (Å²) in [6.07, 6.45) is 0. The quantitative estimate of drug-likeness (QED) is 0.338. The van der Waals surface area contributed by atoms with Crippen LogP contribution in [0.1, 0.15) is 55.6 Å². The highest BCUT2D eigenvalue weighted by molar-refractivity contribution is 6.34. The highest BCUT2D eigenvalue weighted by Gasteiger charge is 2.38. The highest BCUT2D eigenvalue weighted by atomic mass is 19.1. The summed E-state index contributed by atoms with van der Waals surface area (Å²) in [5.74, 6) is -2.61. The van der Waals surface area contributed by atoms with Crippen molar-refractivity contribution in [3.8, 4) is 0 Å². The number of esters is 2. The normalized spacial score (nSPS) is 16.4. The first kappa shape index (κ1) is 26.4. The monoisotopic (exact) mass is 547 g/mol. The fourth-order valence-electron chi connectivity index (χ4n) is 4.42. The van der Waals surface area contributed by atoms with Crippen molar-refractivity contribution in [1.29, 1.82) is 0 Å². The van der Waals surface area contributed by atoms with Crippen molar-refractivity contribution >= 4 is 35.5 Å². The van der Waals surface area contributed by atoms with E-state index in [4.69, 9.17) is 13.9 Å². The second-order valence-corrected chi connectivity index (χ2v) is 8.85. The minimum atomic E-state index is -0.990. The van der Waals surface area contributed by atoms with Gasteiger partial charge >= 0.3 is 18.0 Å². The van der Waals surface area contributed by atoms with Gasteiger partial charge < -0.3 is 24.5 Å². The summed E-state index contributed by atoms with van der Waals surface area (Å²) in [5, 5.41) is 5.08. The SMILES string of the molecule is CCOC(=O)C1=C(COC(=O)c2ccc3c(c2)C(=O)N(c2ccc(F)cc2)C3=O)NC(=O)N[C@@H]1c1ccc(C)o1. The molecular formula is C28H22FN3O8. The van der Waals surface area contributed by atoms with Crippen molar-refractivity contribution in [1.82, 2.24) is 10.6 Å². The van der Waals surface area contributed by atoms with Crippen molar-refractivity contribution in [2.45, 2.75) is 19.9 Å². The maximum Gasteiger partial charge on any atom is 0.338 e. The maximum absolute atomic E-state index is 13.3. The topological polar surface area (TPSA) is 144 Å². The molecule has 0 unspecified atom stereocenters. The molecule has 11 nitrogen and oxygen atoms in total. The number of anilines is 1. The van der Waals surface area contributed by atoms with E-state index in [0.717, 1.165) is 17.0 Å². The lowest BCUT2D eigenvalue weighted by Gasteiger charge is -2.27. The van der Waals surface area contributed by atoms with E-state index in [2.05, 4.69) is 10.6 Å². The van der Waals surface area contributed by atoms with E-state index in [1.54, 1.807) is 26.0 Å². The Morgan fingerprint density at radius 2 is 1.68 bits per heavy atom. The first-order valence-corrected chi connectivity index (χ1v) is 12.2. The van der Waals surface area contributed by atoms with E-state index in [1.165, 1.54) is 30.3 Å². The summed E-state index contributed by atoms with van der Waals surface area (Å²) >= 11 is 0. The van der Waals surface area contributed by atoms with Gasteiger partial charge in [0.15, 0.2) is 0 Å². The first-order valence-electron chi connectivity index (χ1n) is 12.2. The van der Waals surface area contributed by atoms with Gasteiger partial charge in [-0.05, 0) is 68.4 Å². The zero-order chi connectivity index (χ0) is 28.6. The Morgan fingerprint density at radius 1 is 0.950 bits per heavy atom. The van der Waals surface area contributed by atoms with Gasteiger partial charge in [0.2, 0.25) is 0 Å². The number of benzene rings is 2. The van der Waals surface area contributed by atoms with Crippen LogP contribution in [0, 0.1) is 12.7 Å². The first-order chi connectivity index (χ1) is 19.2. The number of rotatable bonds is 7. The molecule has 204 valence electrons. The number of hydrogen-bond donors (Lipinski definition) is 2. The summed E-state index contributed by atoms with van der Waals surface area (Å²) in [4.78, 5) is 64.9. The van der Waals surface area contributed by atoms with Crippen LogP contribution in [-0.2, 0) is 14.3 Å². The number of furan rings is 1. The third kappa shape index (κ3) is 4.82. The number of ether oxygens (including phenoxy) is 2. The summed E-state index contributed by atoms with van der Waals surface area (Å²) in [6, 6.07) is 10.3. The fraction of sp³-hybridized carbons (Fsp3) is 0.179. The molecule has 0 aliphatic carbocycles. The van der Waals surface area contributed by atoms with Crippen molar-refractivity contribution in [2.75, 3.05) is 18.1 Å².